The van der Waals surface area contributed by atoms with Crippen molar-refractivity contribution < 1.29 is 24.0 Å². The van der Waals surface area contributed by atoms with Gasteiger partial charge in [0.15, 0.2) is 5.17 Å². The van der Waals surface area contributed by atoms with Gasteiger partial charge in [0.05, 0.1) is 5.54 Å². The van der Waals surface area contributed by atoms with E-state index >= 15 is 0 Å². The topological polar surface area (TPSA) is 50.4 Å². The van der Waals surface area contributed by atoms with Crippen molar-refractivity contribution in [3.8, 4) is 0 Å². The van der Waals surface area contributed by atoms with Gasteiger partial charge in [-0.05, 0) is 62.5 Å². The van der Waals surface area contributed by atoms with Gasteiger partial charge in [0.1, 0.15) is 0 Å². The number of hydrogen-bond donors (Lipinski definition) is 2. The van der Waals surface area contributed by atoms with Crippen LogP contribution in [0.3, 0.4) is 0 Å². The zero-order valence-corrected chi connectivity index (χ0v) is 13.3. The molecule has 3 nitrogen and oxygen atoms in total. The number of thioether (sulfide) groups is 1. The van der Waals surface area contributed by atoms with Gasteiger partial charge in [0, 0.05) is 0 Å². The van der Waals surface area contributed by atoms with Crippen LogP contribution in [0.1, 0.15) is 38.5 Å². The summed E-state index contributed by atoms with van der Waals surface area (Å²) in [5, 5.41) is 0.918. The van der Waals surface area contributed by atoms with Crippen LogP contribution in [0.15, 0.2) is 4.99 Å². The number of halogens is 1. The van der Waals surface area contributed by atoms with E-state index in [2.05, 4.69) is 5.43 Å². The van der Waals surface area contributed by atoms with Gasteiger partial charge >= 0.3 is 0 Å². The maximum absolute atomic E-state index is 5.51. The first-order valence-corrected chi connectivity index (χ1v) is 7.56. The van der Waals surface area contributed by atoms with E-state index in [0.717, 1.165) is 22.9 Å². The highest BCUT2D eigenvalue weighted by atomic mass is 127. The van der Waals surface area contributed by atoms with E-state index in [-0.39, 0.29) is 29.5 Å². The average Bonchev–Trinajstić information content (AvgIpc) is 2.24. The van der Waals surface area contributed by atoms with E-state index < -0.39 is 0 Å². The molecule has 4 bridgehead atoms. The Bertz CT molecular complexity index is 278. The largest absolute Gasteiger partial charge is 1.00 e. The fourth-order valence-corrected chi connectivity index (χ4v) is 4.96. The highest BCUT2D eigenvalue weighted by molar-refractivity contribution is 8.13. The van der Waals surface area contributed by atoms with Crippen LogP contribution in [-0.2, 0) is 0 Å². The normalized spacial score (nSPS) is 43.4. The molecule has 5 heteroatoms. The minimum Gasteiger partial charge on any atom is -1.00 e. The van der Waals surface area contributed by atoms with Crippen LogP contribution in [-0.4, -0.2) is 17.0 Å². The van der Waals surface area contributed by atoms with Crippen molar-refractivity contribution in [2.24, 2.45) is 28.6 Å². The molecule has 0 aromatic carbocycles. The Morgan fingerprint density at radius 2 is 1.65 bits per heavy atom. The Morgan fingerprint density at radius 3 is 2.00 bits per heavy atom. The number of hydrazine groups is 1. The lowest BCUT2D eigenvalue weighted by atomic mass is 9.53. The summed E-state index contributed by atoms with van der Waals surface area (Å²) in [5.41, 5.74) is 2.99. The predicted molar refractivity (Wildman–Crippen MR) is 69.2 cm³/mol. The Morgan fingerprint density at radius 1 is 1.18 bits per heavy atom. The van der Waals surface area contributed by atoms with Crippen molar-refractivity contribution in [3.63, 3.8) is 0 Å². The number of hydrogen-bond acceptors (Lipinski definition) is 3. The molecule has 0 aromatic rings. The second-order valence-electron chi connectivity index (χ2n) is 5.91. The van der Waals surface area contributed by atoms with E-state index in [0.29, 0.717) is 0 Å². The van der Waals surface area contributed by atoms with Crippen molar-refractivity contribution in [1.82, 2.24) is 5.43 Å². The summed E-state index contributed by atoms with van der Waals surface area (Å²) in [4.78, 5) is 4.95. The molecule has 0 aromatic heterocycles. The molecule has 3 N–H and O–H groups in total. The fraction of sp³-hybridized carbons (Fsp3) is 0.917. The number of nitrogens with one attached hydrogen (secondary N) is 1. The number of nitrogens with zero attached hydrogens (tertiary/aromatic N) is 1. The minimum atomic E-state index is 0. The molecular weight excluding hydrogens is 345 g/mol. The molecule has 0 radical (unpaired) electrons. The molecule has 0 atom stereocenters. The van der Waals surface area contributed by atoms with E-state index in [1.165, 1.54) is 38.5 Å². The second kappa shape index (κ2) is 5.25. The summed E-state index contributed by atoms with van der Waals surface area (Å²) in [5.74, 6) is 8.37. The van der Waals surface area contributed by atoms with Crippen LogP contribution in [0.5, 0.6) is 0 Å². The Hall–Kier alpha value is 0.510. The SMILES string of the molecule is CSC(=NC12CC3CC(CC(C3)C1)C2)NN.[I-]. The maximum Gasteiger partial charge on any atom is 0.171 e. The van der Waals surface area contributed by atoms with Crippen molar-refractivity contribution >= 4 is 16.9 Å². The van der Waals surface area contributed by atoms with Crippen molar-refractivity contribution in [3.05, 3.63) is 0 Å². The van der Waals surface area contributed by atoms with Crippen LogP contribution >= 0.6 is 11.8 Å². The third kappa shape index (κ3) is 2.61. The van der Waals surface area contributed by atoms with Crippen LogP contribution in [0.4, 0.5) is 0 Å². The first-order valence-electron chi connectivity index (χ1n) is 6.33. The molecule has 4 saturated carbocycles. The summed E-state index contributed by atoms with van der Waals surface area (Å²) in [6.07, 6.45) is 10.4. The Kier molecular flexibility index (Phi) is 4.30. The van der Waals surface area contributed by atoms with Crippen LogP contribution < -0.4 is 35.2 Å². The standard InChI is InChI=1S/C12H21N3S.HI/c1-16-11(15-13)14-12-5-8-2-9(6-12)4-10(3-8)7-12;/h8-10H,2-7,13H2,1H3,(H,14,15);1H/p-1. The minimum absolute atomic E-state index is 0. The maximum atomic E-state index is 5.51. The van der Waals surface area contributed by atoms with E-state index in [4.69, 9.17) is 10.8 Å². The predicted octanol–water partition coefficient (Wildman–Crippen LogP) is -0.858. The van der Waals surface area contributed by atoms with Crippen molar-refractivity contribution in [1.29, 1.82) is 0 Å². The highest BCUT2D eigenvalue weighted by Gasteiger charge is 2.51. The lowest BCUT2D eigenvalue weighted by Crippen LogP contribution is -3.00. The summed E-state index contributed by atoms with van der Waals surface area (Å²) < 4.78 is 0. The van der Waals surface area contributed by atoms with Gasteiger partial charge in [0.25, 0.3) is 0 Å². The lowest BCUT2D eigenvalue weighted by molar-refractivity contribution is -0.000104. The van der Waals surface area contributed by atoms with Gasteiger partial charge in [-0.2, -0.15) is 0 Å². The number of nitrogens with two attached hydrogens (primary N) is 1. The second-order valence-corrected chi connectivity index (χ2v) is 6.70. The smallest absolute Gasteiger partial charge is 0.171 e. The molecule has 0 heterocycles. The van der Waals surface area contributed by atoms with Crippen molar-refractivity contribution in [2.75, 3.05) is 6.26 Å². The molecule has 4 rings (SSSR count). The number of amidine groups is 1. The third-order valence-electron chi connectivity index (χ3n) is 4.66. The zero-order valence-electron chi connectivity index (χ0n) is 10.3. The Balaban J connectivity index is 0.00000108. The Labute approximate surface area is 125 Å². The molecule has 4 aliphatic carbocycles. The molecule has 17 heavy (non-hydrogen) atoms. The molecule has 4 aliphatic rings. The van der Waals surface area contributed by atoms with Crippen LogP contribution in [0.2, 0.25) is 0 Å². The first-order chi connectivity index (χ1) is 7.73. The van der Waals surface area contributed by atoms with Gasteiger partial charge in [-0.3, -0.25) is 4.99 Å². The fourth-order valence-electron chi connectivity index (χ4n) is 4.55. The van der Waals surface area contributed by atoms with Gasteiger partial charge in [-0.15, -0.1) is 0 Å². The lowest BCUT2D eigenvalue weighted by Gasteiger charge is -2.55. The van der Waals surface area contributed by atoms with Gasteiger partial charge in [-0.25, -0.2) is 5.84 Å². The molecule has 0 saturated heterocycles. The quantitative estimate of drug-likeness (QED) is 0.209. The molecular formula is C12H21IN3S-. The first kappa shape index (κ1) is 13.9. The molecule has 4 fully saturated rings. The van der Waals surface area contributed by atoms with Gasteiger partial charge in [0.2, 0.25) is 0 Å². The third-order valence-corrected chi connectivity index (χ3v) is 5.26. The van der Waals surface area contributed by atoms with Crippen LogP contribution in [0, 0.1) is 17.8 Å². The van der Waals surface area contributed by atoms with E-state index in [1.807, 2.05) is 6.26 Å². The number of aliphatic imine (C=N–C) groups is 1. The average molecular weight is 366 g/mol. The monoisotopic (exact) mass is 366 g/mol. The van der Waals surface area contributed by atoms with E-state index in [1.54, 1.807) is 11.8 Å². The molecule has 0 aliphatic heterocycles. The zero-order chi connectivity index (χ0) is 11.2. The van der Waals surface area contributed by atoms with Crippen molar-refractivity contribution in [2.45, 2.75) is 44.1 Å². The molecule has 0 amide bonds. The van der Waals surface area contributed by atoms with Gasteiger partial charge < -0.3 is 29.4 Å². The summed E-state index contributed by atoms with van der Waals surface area (Å²) in [6, 6.07) is 0. The molecule has 0 unspecified atom stereocenters. The van der Waals surface area contributed by atoms with Gasteiger partial charge in [-0.1, -0.05) is 11.8 Å². The number of rotatable bonds is 1. The summed E-state index contributed by atoms with van der Waals surface area (Å²) in [7, 11) is 0. The highest BCUT2D eigenvalue weighted by Crippen LogP contribution is 2.57. The molecule has 0 spiro atoms. The van der Waals surface area contributed by atoms with Crippen LogP contribution in [0.25, 0.3) is 0 Å². The summed E-state index contributed by atoms with van der Waals surface area (Å²) in [6.45, 7) is 0. The molecule has 98 valence electrons. The van der Waals surface area contributed by atoms with E-state index in [9.17, 15) is 0 Å². The summed E-state index contributed by atoms with van der Waals surface area (Å²) >= 11 is 1.63.